The summed E-state index contributed by atoms with van der Waals surface area (Å²) in [7, 11) is 3.76. The van der Waals surface area contributed by atoms with E-state index in [0.29, 0.717) is 17.8 Å². The van der Waals surface area contributed by atoms with Gasteiger partial charge in [-0.25, -0.2) is 4.98 Å². The molecular weight excluding hydrogens is 380 g/mol. The molecule has 8 nitrogen and oxygen atoms in total. The lowest BCUT2D eigenvalue weighted by molar-refractivity contribution is 0.102. The summed E-state index contributed by atoms with van der Waals surface area (Å²) in [4.78, 5) is 21.7. The van der Waals surface area contributed by atoms with E-state index in [2.05, 4.69) is 32.2 Å². The summed E-state index contributed by atoms with van der Waals surface area (Å²) in [5, 5.41) is 7.27. The van der Waals surface area contributed by atoms with Crippen molar-refractivity contribution in [1.82, 2.24) is 19.7 Å². The van der Waals surface area contributed by atoms with Gasteiger partial charge in [0.2, 0.25) is 0 Å². The monoisotopic (exact) mass is 406 g/mol. The van der Waals surface area contributed by atoms with Crippen molar-refractivity contribution in [2.45, 2.75) is 6.54 Å². The molecule has 30 heavy (non-hydrogen) atoms. The number of benzene rings is 1. The van der Waals surface area contributed by atoms with Crippen LogP contribution in [0.1, 0.15) is 15.9 Å². The maximum absolute atomic E-state index is 12.7. The van der Waals surface area contributed by atoms with E-state index in [9.17, 15) is 4.79 Å². The van der Waals surface area contributed by atoms with Gasteiger partial charge in [-0.05, 0) is 36.9 Å². The molecule has 8 heteroatoms. The van der Waals surface area contributed by atoms with Crippen molar-refractivity contribution in [3.63, 3.8) is 0 Å². The van der Waals surface area contributed by atoms with Gasteiger partial charge in [-0.3, -0.25) is 9.48 Å². The fraction of sp³-hybridized carbons (Fsp3) is 0.318. The lowest BCUT2D eigenvalue weighted by atomic mass is 10.2. The fourth-order valence-electron chi connectivity index (χ4n) is 3.44. The van der Waals surface area contributed by atoms with Crippen LogP contribution in [-0.4, -0.2) is 65.9 Å². The molecule has 1 aliphatic heterocycles. The Balaban J connectivity index is 1.40. The number of aromatic nitrogens is 3. The number of likely N-dealkylation sites (N-methyl/N-ethyl adjacent to an activating group) is 1. The van der Waals surface area contributed by atoms with Crippen LogP contribution in [0.2, 0.25) is 0 Å². The average molecular weight is 406 g/mol. The van der Waals surface area contributed by atoms with Crippen molar-refractivity contribution in [2.24, 2.45) is 0 Å². The Labute approximate surface area is 176 Å². The van der Waals surface area contributed by atoms with Gasteiger partial charge in [0.05, 0.1) is 25.5 Å². The summed E-state index contributed by atoms with van der Waals surface area (Å²) in [6, 6.07) is 11.4. The molecule has 0 bridgehead atoms. The highest BCUT2D eigenvalue weighted by atomic mass is 16.5. The molecule has 1 aromatic carbocycles. The van der Waals surface area contributed by atoms with Crippen LogP contribution in [0.15, 0.2) is 55.0 Å². The van der Waals surface area contributed by atoms with E-state index in [4.69, 9.17) is 4.74 Å². The van der Waals surface area contributed by atoms with Gasteiger partial charge >= 0.3 is 0 Å². The molecule has 2 aromatic heterocycles. The van der Waals surface area contributed by atoms with E-state index in [-0.39, 0.29) is 5.91 Å². The average Bonchev–Trinajstić information content (AvgIpc) is 3.21. The summed E-state index contributed by atoms with van der Waals surface area (Å²) in [5.41, 5.74) is 2.31. The summed E-state index contributed by atoms with van der Waals surface area (Å²) in [5.74, 6) is 1.47. The maximum atomic E-state index is 12.7. The van der Waals surface area contributed by atoms with Crippen LogP contribution in [0.5, 0.6) is 5.75 Å². The van der Waals surface area contributed by atoms with Crippen LogP contribution in [0.4, 0.5) is 11.5 Å². The summed E-state index contributed by atoms with van der Waals surface area (Å²) >= 11 is 0. The topological polar surface area (TPSA) is 75.5 Å². The first-order chi connectivity index (χ1) is 14.6. The number of hydrogen-bond donors (Lipinski definition) is 1. The van der Waals surface area contributed by atoms with Crippen molar-refractivity contribution in [3.05, 3.63) is 66.1 Å². The molecule has 1 amide bonds. The summed E-state index contributed by atoms with van der Waals surface area (Å²) < 4.78 is 7.04. The van der Waals surface area contributed by atoms with E-state index < -0.39 is 0 Å². The normalized spacial score (nSPS) is 14.5. The molecule has 1 fully saturated rings. The van der Waals surface area contributed by atoms with Crippen molar-refractivity contribution in [1.29, 1.82) is 0 Å². The number of nitrogens with zero attached hydrogens (tertiary/aromatic N) is 5. The Hall–Kier alpha value is -3.39. The van der Waals surface area contributed by atoms with Gasteiger partial charge in [-0.2, -0.15) is 5.10 Å². The van der Waals surface area contributed by atoms with Crippen molar-refractivity contribution >= 4 is 17.4 Å². The largest absolute Gasteiger partial charge is 0.497 e. The lowest BCUT2D eigenvalue weighted by Gasteiger charge is -2.33. The Morgan fingerprint density at radius 3 is 2.80 bits per heavy atom. The van der Waals surface area contributed by atoms with E-state index in [1.165, 1.54) is 0 Å². The number of carbonyl (C=O) groups excluding carboxylic acids is 1. The van der Waals surface area contributed by atoms with Gasteiger partial charge in [0.25, 0.3) is 5.91 Å². The van der Waals surface area contributed by atoms with Gasteiger partial charge in [-0.1, -0.05) is 12.1 Å². The molecule has 3 heterocycles. The minimum atomic E-state index is -0.172. The highest BCUT2D eigenvalue weighted by molar-refractivity contribution is 6.04. The molecule has 0 unspecified atom stereocenters. The molecule has 0 aliphatic carbocycles. The van der Waals surface area contributed by atoms with E-state index in [1.807, 2.05) is 36.5 Å². The molecule has 0 spiro atoms. The molecule has 3 aromatic rings. The van der Waals surface area contributed by atoms with Gasteiger partial charge in [0.1, 0.15) is 11.6 Å². The smallest absolute Gasteiger partial charge is 0.255 e. The molecule has 1 saturated heterocycles. The van der Waals surface area contributed by atoms with Gasteiger partial charge in [0, 0.05) is 44.1 Å². The SMILES string of the molecule is COc1cccc(Cn2cc(NC(=O)c3ccnc(N4CCN(C)CC4)c3)cn2)c1. The third kappa shape index (κ3) is 4.77. The molecular formula is C22H26N6O2. The predicted molar refractivity (Wildman–Crippen MR) is 116 cm³/mol. The number of carbonyl (C=O) groups is 1. The highest BCUT2D eigenvalue weighted by Crippen LogP contribution is 2.17. The van der Waals surface area contributed by atoms with Crippen molar-refractivity contribution < 1.29 is 9.53 Å². The molecule has 1 N–H and O–H groups in total. The Morgan fingerprint density at radius 2 is 2.00 bits per heavy atom. The van der Waals surface area contributed by atoms with Crippen LogP contribution < -0.4 is 15.0 Å². The number of methoxy groups -OCH3 is 1. The number of pyridine rings is 1. The third-order valence-corrected chi connectivity index (χ3v) is 5.20. The van der Waals surface area contributed by atoms with Crippen LogP contribution >= 0.6 is 0 Å². The van der Waals surface area contributed by atoms with E-state index in [1.54, 1.807) is 30.3 Å². The van der Waals surface area contributed by atoms with Crippen molar-refractivity contribution in [3.8, 4) is 5.75 Å². The first-order valence-corrected chi connectivity index (χ1v) is 9.97. The van der Waals surface area contributed by atoms with E-state index >= 15 is 0 Å². The first-order valence-electron chi connectivity index (χ1n) is 9.97. The Morgan fingerprint density at radius 1 is 1.17 bits per heavy atom. The van der Waals surface area contributed by atoms with Crippen LogP contribution in [-0.2, 0) is 6.54 Å². The molecule has 156 valence electrons. The molecule has 0 saturated carbocycles. The van der Waals surface area contributed by atoms with Crippen LogP contribution in [0, 0.1) is 0 Å². The number of hydrogen-bond acceptors (Lipinski definition) is 6. The first kappa shape index (κ1) is 19.9. The molecule has 1 aliphatic rings. The number of piperazine rings is 1. The number of ether oxygens (including phenoxy) is 1. The third-order valence-electron chi connectivity index (χ3n) is 5.20. The highest BCUT2D eigenvalue weighted by Gasteiger charge is 2.17. The number of nitrogens with one attached hydrogen (secondary N) is 1. The zero-order valence-corrected chi connectivity index (χ0v) is 17.3. The molecule has 0 atom stereocenters. The minimum absolute atomic E-state index is 0.172. The maximum Gasteiger partial charge on any atom is 0.255 e. The zero-order valence-electron chi connectivity index (χ0n) is 17.3. The summed E-state index contributed by atoms with van der Waals surface area (Å²) in [6.45, 7) is 4.39. The fourth-order valence-corrected chi connectivity index (χ4v) is 3.44. The second kappa shape index (κ2) is 8.96. The second-order valence-electron chi connectivity index (χ2n) is 7.43. The standard InChI is InChI=1S/C22H26N6O2/c1-26-8-10-27(11-9-26)21-13-18(6-7-23-21)22(29)25-19-14-24-28(16-19)15-17-4-3-5-20(12-17)30-2/h3-7,12-14,16H,8-11,15H2,1-2H3,(H,25,29). The quantitative estimate of drug-likeness (QED) is 0.677. The number of anilines is 2. The van der Waals surface area contributed by atoms with Crippen LogP contribution in [0.25, 0.3) is 0 Å². The van der Waals surface area contributed by atoms with Gasteiger partial charge in [-0.15, -0.1) is 0 Å². The van der Waals surface area contributed by atoms with Gasteiger partial charge < -0.3 is 19.9 Å². The minimum Gasteiger partial charge on any atom is -0.497 e. The zero-order chi connectivity index (χ0) is 20.9. The predicted octanol–water partition coefficient (Wildman–Crippen LogP) is 2.34. The number of amides is 1. The Bertz CT molecular complexity index is 1010. The van der Waals surface area contributed by atoms with Crippen LogP contribution in [0.3, 0.4) is 0 Å². The van der Waals surface area contributed by atoms with Crippen molar-refractivity contribution in [2.75, 3.05) is 50.6 Å². The number of rotatable bonds is 6. The Kier molecular flexibility index (Phi) is 5.94. The molecule has 0 radical (unpaired) electrons. The summed E-state index contributed by atoms with van der Waals surface area (Å²) in [6.07, 6.45) is 5.16. The van der Waals surface area contributed by atoms with E-state index in [0.717, 1.165) is 43.3 Å². The lowest BCUT2D eigenvalue weighted by Crippen LogP contribution is -2.44. The second-order valence-corrected chi connectivity index (χ2v) is 7.43. The molecule has 4 rings (SSSR count). The van der Waals surface area contributed by atoms with Gasteiger partial charge in [0.15, 0.2) is 0 Å².